The van der Waals surface area contributed by atoms with Gasteiger partial charge in [0.25, 0.3) is 0 Å². The lowest BCUT2D eigenvalue weighted by molar-refractivity contribution is 0.303. The van der Waals surface area contributed by atoms with Gasteiger partial charge in [0.15, 0.2) is 0 Å². The minimum Gasteiger partial charge on any atom is -0.396 e. The molecule has 0 bridgehead atoms. The van der Waals surface area contributed by atoms with Gasteiger partial charge < -0.3 is 5.11 Å². The summed E-state index contributed by atoms with van der Waals surface area (Å²) in [6, 6.07) is 0. The molecule has 0 aliphatic heterocycles. The summed E-state index contributed by atoms with van der Waals surface area (Å²) in [5.74, 6) is 0. The number of rotatable bonds is 2. The van der Waals surface area contributed by atoms with Crippen LogP contribution in [-0.2, 0) is 0 Å². The Hall–Kier alpha value is -0.300. The van der Waals surface area contributed by atoms with Crippen molar-refractivity contribution in [3.63, 3.8) is 0 Å². The molecule has 0 heterocycles. The molecule has 0 spiro atoms. The van der Waals surface area contributed by atoms with Gasteiger partial charge in [-0.3, -0.25) is 0 Å². The number of hydrogen-bond donors (Lipinski definition) is 1. The Balaban J connectivity index is 3.34. The van der Waals surface area contributed by atoms with Gasteiger partial charge in [-0.1, -0.05) is 6.08 Å². The zero-order valence-electron chi connectivity index (χ0n) is 4.94. The third-order valence-corrected chi connectivity index (χ3v) is 0.236. The summed E-state index contributed by atoms with van der Waals surface area (Å²) in [7, 11) is 0. The smallest absolute Gasteiger partial charge is 0.0567 e. The van der Waals surface area contributed by atoms with E-state index in [9.17, 15) is 0 Å². The van der Waals surface area contributed by atoms with Crippen LogP contribution < -0.4 is 0 Å². The van der Waals surface area contributed by atoms with Crippen molar-refractivity contribution in [3.8, 4) is 0 Å². The van der Waals surface area contributed by atoms with Crippen LogP contribution in [0.4, 0.5) is 0 Å². The molecule has 0 aromatic rings. The second kappa shape index (κ2) is 3.70. The summed E-state index contributed by atoms with van der Waals surface area (Å²) in [6.45, 7) is 1.18. The lowest BCUT2D eigenvalue weighted by Gasteiger charge is -1.73. The third kappa shape index (κ3) is 3.70. The average Bonchev–Trinajstić information content (AvgIpc) is 1.30. The molecule has 0 radical (unpaired) electrons. The van der Waals surface area contributed by atoms with Crippen LogP contribution in [0.1, 0.15) is 9.16 Å². The quantitative estimate of drug-likeness (QED) is 0.474. The van der Waals surface area contributed by atoms with E-state index in [0.717, 1.165) is 0 Å². The molecular formula is C4H8O. The van der Waals surface area contributed by atoms with E-state index in [1.165, 1.54) is 6.08 Å². The highest BCUT2D eigenvalue weighted by molar-refractivity contribution is 4.63. The van der Waals surface area contributed by atoms with Crippen LogP contribution >= 0.6 is 0 Å². The monoisotopic (exact) mass is 74.1 g/mol. The fourth-order valence-electron chi connectivity index (χ4n) is 0.0645. The highest BCUT2D eigenvalue weighted by Crippen LogP contribution is 1.69. The molecule has 0 atom stereocenters. The van der Waals surface area contributed by atoms with Crippen molar-refractivity contribution in [1.29, 1.82) is 0 Å². The molecule has 1 N–H and O–H groups in total. The van der Waals surface area contributed by atoms with E-state index < -0.39 is 6.56 Å². The molecule has 0 aliphatic carbocycles. The van der Waals surface area contributed by atoms with Gasteiger partial charge in [-0.25, -0.2) is 0 Å². The van der Waals surface area contributed by atoms with Crippen molar-refractivity contribution in [2.24, 2.45) is 0 Å². The van der Waals surface area contributed by atoms with Gasteiger partial charge in [-0.05, 0) is 6.42 Å². The van der Waals surface area contributed by atoms with Gasteiger partial charge in [0.1, 0.15) is 0 Å². The predicted molar refractivity (Wildman–Crippen MR) is 21.9 cm³/mol. The molecule has 0 fully saturated rings. The first-order valence-electron chi connectivity index (χ1n) is 2.39. The maximum Gasteiger partial charge on any atom is 0.0567 e. The molecule has 5 heavy (non-hydrogen) atoms. The topological polar surface area (TPSA) is 20.2 Å². The largest absolute Gasteiger partial charge is 0.396 e. The van der Waals surface area contributed by atoms with E-state index in [1.54, 1.807) is 0 Å². The maximum absolute atomic E-state index is 8.28. The van der Waals surface area contributed by atoms with Crippen LogP contribution in [-0.4, -0.2) is 11.7 Å². The van der Waals surface area contributed by atoms with E-state index in [2.05, 4.69) is 6.58 Å². The Bertz CT molecular complexity index is 64.6. The Morgan fingerprint density at radius 3 is 2.80 bits per heavy atom. The van der Waals surface area contributed by atoms with Crippen molar-refractivity contribution >= 4 is 0 Å². The van der Waals surface area contributed by atoms with E-state index in [4.69, 9.17) is 7.85 Å². The maximum atomic E-state index is 8.28. The molecule has 0 rings (SSSR count). The van der Waals surface area contributed by atoms with E-state index in [-0.39, 0.29) is 6.42 Å². The fraction of sp³-hybridized carbons (Fsp3) is 0.500. The second-order valence-corrected chi connectivity index (χ2v) is 0.651. The Labute approximate surface area is 34.7 Å². The minimum atomic E-state index is -2.07. The zero-order chi connectivity index (χ0) is 5.91. The highest BCUT2D eigenvalue weighted by atomic mass is 16.2. The summed E-state index contributed by atoms with van der Waals surface area (Å²) in [4.78, 5) is 0. The molecule has 0 aromatic heterocycles. The lowest BCUT2D eigenvalue weighted by Crippen LogP contribution is -1.71. The standard InChI is InChI=1S/C4H8O/c1-2-3-4-5/h2,5H,1,3-4H2/i4D2. The zero-order valence-corrected chi connectivity index (χ0v) is 2.94. The van der Waals surface area contributed by atoms with Gasteiger partial charge in [-0.2, -0.15) is 0 Å². The first-order valence-corrected chi connectivity index (χ1v) is 1.39. The van der Waals surface area contributed by atoms with E-state index in [1.807, 2.05) is 0 Å². The van der Waals surface area contributed by atoms with Gasteiger partial charge in [-0.15, -0.1) is 6.58 Å². The van der Waals surface area contributed by atoms with E-state index in [0.29, 0.717) is 0 Å². The average molecular weight is 74.1 g/mol. The van der Waals surface area contributed by atoms with Gasteiger partial charge >= 0.3 is 0 Å². The van der Waals surface area contributed by atoms with E-state index >= 15 is 0 Å². The summed E-state index contributed by atoms with van der Waals surface area (Å²) >= 11 is 0. The Morgan fingerprint density at radius 2 is 2.80 bits per heavy atom. The highest BCUT2D eigenvalue weighted by Gasteiger charge is 1.62. The molecule has 0 saturated heterocycles. The molecule has 0 aromatic carbocycles. The molecule has 0 unspecified atom stereocenters. The van der Waals surface area contributed by atoms with Crippen LogP contribution in [0.2, 0.25) is 0 Å². The summed E-state index contributed by atoms with van der Waals surface area (Å²) in [5.41, 5.74) is 0. The number of hydrogen-bond acceptors (Lipinski definition) is 1. The van der Waals surface area contributed by atoms with Crippen LogP contribution in [0.3, 0.4) is 0 Å². The van der Waals surface area contributed by atoms with Gasteiger partial charge in [0.2, 0.25) is 0 Å². The Morgan fingerprint density at radius 1 is 2.20 bits per heavy atom. The second-order valence-electron chi connectivity index (χ2n) is 0.651. The third-order valence-electron chi connectivity index (χ3n) is 0.236. The normalized spacial score (nSPS) is 16.2. The molecule has 0 saturated carbocycles. The van der Waals surface area contributed by atoms with Crippen molar-refractivity contribution in [2.75, 3.05) is 6.56 Å². The van der Waals surface area contributed by atoms with Crippen LogP contribution in [0.25, 0.3) is 0 Å². The van der Waals surface area contributed by atoms with Crippen molar-refractivity contribution in [3.05, 3.63) is 12.7 Å². The molecule has 0 aliphatic rings. The summed E-state index contributed by atoms with van der Waals surface area (Å²) in [6.07, 6.45) is 1.33. The van der Waals surface area contributed by atoms with Crippen LogP contribution in [0, 0.1) is 0 Å². The van der Waals surface area contributed by atoms with Gasteiger partial charge in [0.05, 0.1) is 2.74 Å². The summed E-state index contributed by atoms with van der Waals surface area (Å²) < 4.78 is 13.0. The SMILES string of the molecule is [2H]C([2H])(O)CC=C. The van der Waals surface area contributed by atoms with Gasteiger partial charge in [0, 0.05) is 6.56 Å². The predicted octanol–water partition coefficient (Wildman–Crippen LogP) is 0.555. The minimum absolute atomic E-state index is 0.00694. The lowest BCUT2D eigenvalue weighted by atomic mass is 10.5. The van der Waals surface area contributed by atoms with Crippen LogP contribution in [0.5, 0.6) is 0 Å². The van der Waals surface area contributed by atoms with Crippen LogP contribution in [0.15, 0.2) is 12.7 Å². The molecular weight excluding hydrogens is 64.0 g/mol. The van der Waals surface area contributed by atoms with Crippen molar-refractivity contribution in [2.45, 2.75) is 6.42 Å². The van der Waals surface area contributed by atoms with Crippen molar-refractivity contribution in [1.82, 2.24) is 0 Å². The molecule has 30 valence electrons. The number of aliphatic hydroxyl groups is 1. The fourth-order valence-corrected chi connectivity index (χ4v) is 0.0645. The first kappa shape index (κ1) is 1.98. The van der Waals surface area contributed by atoms with Crippen molar-refractivity contribution < 1.29 is 7.85 Å². The molecule has 1 nitrogen and oxygen atoms in total. The molecule has 0 amide bonds. The Kier molecular flexibility index (Phi) is 1.47. The summed E-state index contributed by atoms with van der Waals surface area (Å²) in [5, 5.41) is 8.28. The first-order chi connectivity index (χ1) is 3.06. The molecule has 1 heteroatoms.